The summed E-state index contributed by atoms with van der Waals surface area (Å²) in [6, 6.07) is 16.9. The van der Waals surface area contributed by atoms with E-state index in [1.807, 2.05) is 13.8 Å². The number of carbonyl (C=O) groups excluding carboxylic acids is 2. The second kappa shape index (κ2) is 10.5. The molecule has 0 heterocycles. The minimum atomic E-state index is -0.638. The zero-order valence-corrected chi connectivity index (χ0v) is 18.4. The van der Waals surface area contributed by atoms with Gasteiger partial charge in [0.05, 0.1) is 17.9 Å². The smallest absolute Gasteiger partial charge is 0.262 e. The van der Waals surface area contributed by atoms with Crippen molar-refractivity contribution in [2.75, 3.05) is 18.5 Å². The Balaban J connectivity index is 1.70. The van der Waals surface area contributed by atoms with E-state index < -0.39 is 11.8 Å². The summed E-state index contributed by atoms with van der Waals surface area (Å²) in [5.74, 6) is 0.841. The highest BCUT2D eigenvalue weighted by Gasteiger charge is 2.14. The molecule has 0 fully saturated rings. The van der Waals surface area contributed by atoms with E-state index in [-0.39, 0.29) is 17.9 Å². The van der Waals surface area contributed by atoms with Gasteiger partial charge in [-0.25, -0.2) is 0 Å². The summed E-state index contributed by atoms with van der Waals surface area (Å²) in [6.45, 7) is 3.98. The maximum atomic E-state index is 12.5. The monoisotopic (exact) mass is 454 g/mol. The fourth-order valence-corrected chi connectivity index (χ4v) is 3.04. The van der Waals surface area contributed by atoms with Crippen LogP contribution in [-0.4, -0.2) is 25.0 Å². The molecule has 166 valence electrons. The predicted octanol–water partition coefficient (Wildman–Crippen LogP) is 4.96. The van der Waals surface area contributed by atoms with Crippen molar-refractivity contribution < 1.29 is 23.8 Å². The summed E-state index contributed by atoms with van der Waals surface area (Å²) >= 11 is 6.10. The van der Waals surface area contributed by atoms with Gasteiger partial charge in [0.15, 0.2) is 12.4 Å². The van der Waals surface area contributed by atoms with E-state index in [0.29, 0.717) is 28.8 Å². The molecule has 3 aromatic carbocycles. The molecule has 3 rings (SSSR count). The largest absolute Gasteiger partial charge is 0.494 e. The number of primary amides is 1. The molecule has 0 aliphatic heterocycles. The SMILES string of the molecule is CCOc1ccc(Oc2ccc(Cl)cc2NC(=O)COc2cc(C)ccc2C(N)=O)cc1. The molecule has 2 amide bonds. The van der Waals surface area contributed by atoms with Crippen LogP contribution in [0.4, 0.5) is 5.69 Å². The predicted molar refractivity (Wildman–Crippen MR) is 123 cm³/mol. The topological polar surface area (TPSA) is 99.9 Å². The third kappa shape index (κ3) is 6.15. The van der Waals surface area contributed by atoms with E-state index in [2.05, 4.69) is 5.32 Å². The van der Waals surface area contributed by atoms with Crippen LogP contribution in [0.5, 0.6) is 23.0 Å². The van der Waals surface area contributed by atoms with Gasteiger partial charge in [0.25, 0.3) is 11.8 Å². The van der Waals surface area contributed by atoms with Gasteiger partial charge in [-0.3, -0.25) is 9.59 Å². The number of rotatable bonds is 9. The van der Waals surface area contributed by atoms with Crippen molar-refractivity contribution in [3.63, 3.8) is 0 Å². The van der Waals surface area contributed by atoms with Crippen molar-refractivity contribution >= 4 is 29.1 Å². The number of anilines is 1. The number of halogens is 1. The Morgan fingerprint density at radius 3 is 2.34 bits per heavy atom. The molecular formula is C24H23ClN2O5. The van der Waals surface area contributed by atoms with Crippen molar-refractivity contribution in [2.24, 2.45) is 5.73 Å². The number of aryl methyl sites for hydroxylation is 1. The Morgan fingerprint density at radius 2 is 1.66 bits per heavy atom. The zero-order chi connectivity index (χ0) is 23.1. The molecule has 3 aromatic rings. The number of amides is 2. The number of benzene rings is 3. The molecule has 0 spiro atoms. The summed E-state index contributed by atoms with van der Waals surface area (Å²) in [7, 11) is 0. The first-order valence-electron chi connectivity index (χ1n) is 9.89. The average molecular weight is 455 g/mol. The minimum absolute atomic E-state index is 0.200. The Morgan fingerprint density at radius 1 is 0.938 bits per heavy atom. The number of nitrogens with one attached hydrogen (secondary N) is 1. The summed E-state index contributed by atoms with van der Waals surface area (Å²) in [6.07, 6.45) is 0. The molecule has 0 atom stereocenters. The first-order chi connectivity index (χ1) is 15.4. The van der Waals surface area contributed by atoms with E-state index in [0.717, 1.165) is 11.3 Å². The van der Waals surface area contributed by atoms with Gasteiger partial charge >= 0.3 is 0 Å². The molecule has 0 aliphatic rings. The minimum Gasteiger partial charge on any atom is -0.494 e. The number of hydrogen-bond acceptors (Lipinski definition) is 5. The standard InChI is InChI=1S/C24H23ClN2O5/c1-3-30-17-6-8-18(9-7-17)32-21-11-5-16(25)13-20(21)27-23(28)14-31-22-12-15(2)4-10-19(22)24(26)29/h4-13H,3,14H2,1-2H3,(H2,26,29)(H,27,28). The van der Waals surface area contributed by atoms with Crippen LogP contribution in [0.1, 0.15) is 22.8 Å². The van der Waals surface area contributed by atoms with E-state index in [1.54, 1.807) is 60.7 Å². The lowest BCUT2D eigenvalue weighted by Gasteiger charge is -2.14. The van der Waals surface area contributed by atoms with Crippen LogP contribution in [0.15, 0.2) is 60.7 Å². The van der Waals surface area contributed by atoms with Crippen LogP contribution in [0.3, 0.4) is 0 Å². The highest BCUT2D eigenvalue weighted by molar-refractivity contribution is 6.31. The third-order valence-electron chi connectivity index (χ3n) is 4.34. The van der Waals surface area contributed by atoms with Crippen LogP contribution >= 0.6 is 11.6 Å². The van der Waals surface area contributed by atoms with E-state index >= 15 is 0 Å². The van der Waals surface area contributed by atoms with Crippen LogP contribution in [-0.2, 0) is 4.79 Å². The van der Waals surface area contributed by atoms with E-state index in [4.69, 9.17) is 31.5 Å². The maximum absolute atomic E-state index is 12.5. The van der Waals surface area contributed by atoms with E-state index in [1.165, 1.54) is 0 Å². The average Bonchev–Trinajstić information content (AvgIpc) is 2.75. The van der Waals surface area contributed by atoms with Crippen LogP contribution < -0.4 is 25.3 Å². The number of hydrogen-bond donors (Lipinski definition) is 2. The van der Waals surface area contributed by atoms with Crippen LogP contribution in [0.2, 0.25) is 5.02 Å². The first kappa shape index (κ1) is 23.0. The van der Waals surface area contributed by atoms with Gasteiger partial charge in [0.2, 0.25) is 0 Å². The molecule has 0 aromatic heterocycles. The lowest BCUT2D eigenvalue weighted by Crippen LogP contribution is -2.22. The van der Waals surface area contributed by atoms with Gasteiger partial charge in [0.1, 0.15) is 17.2 Å². The molecule has 0 saturated carbocycles. The maximum Gasteiger partial charge on any atom is 0.262 e. The summed E-state index contributed by atoms with van der Waals surface area (Å²) in [5.41, 5.74) is 6.81. The van der Waals surface area contributed by atoms with Crippen molar-refractivity contribution in [1.82, 2.24) is 0 Å². The molecular weight excluding hydrogens is 432 g/mol. The number of carbonyl (C=O) groups is 2. The summed E-state index contributed by atoms with van der Waals surface area (Å²) in [4.78, 5) is 24.1. The van der Waals surface area contributed by atoms with E-state index in [9.17, 15) is 9.59 Å². The molecule has 0 aliphatic carbocycles. The van der Waals surface area contributed by atoms with Crippen molar-refractivity contribution in [3.8, 4) is 23.0 Å². The molecule has 0 radical (unpaired) electrons. The molecule has 0 bridgehead atoms. The molecule has 0 saturated heterocycles. The molecule has 8 heteroatoms. The van der Waals surface area contributed by atoms with Crippen LogP contribution in [0.25, 0.3) is 0 Å². The second-order valence-electron chi connectivity index (χ2n) is 6.85. The first-order valence-corrected chi connectivity index (χ1v) is 10.3. The van der Waals surface area contributed by atoms with Crippen molar-refractivity contribution in [1.29, 1.82) is 0 Å². The lowest BCUT2D eigenvalue weighted by atomic mass is 10.1. The van der Waals surface area contributed by atoms with Crippen molar-refractivity contribution in [2.45, 2.75) is 13.8 Å². The van der Waals surface area contributed by atoms with Gasteiger partial charge in [-0.05, 0) is 74.0 Å². The second-order valence-corrected chi connectivity index (χ2v) is 7.28. The van der Waals surface area contributed by atoms with Crippen LogP contribution in [0, 0.1) is 6.92 Å². The van der Waals surface area contributed by atoms with Gasteiger partial charge in [0, 0.05) is 5.02 Å². The molecule has 3 N–H and O–H groups in total. The highest BCUT2D eigenvalue weighted by atomic mass is 35.5. The fraction of sp³-hybridized carbons (Fsp3) is 0.167. The summed E-state index contributed by atoms with van der Waals surface area (Å²) < 4.78 is 16.9. The fourth-order valence-electron chi connectivity index (χ4n) is 2.87. The lowest BCUT2D eigenvalue weighted by molar-refractivity contribution is -0.118. The van der Waals surface area contributed by atoms with Gasteiger partial charge in [-0.15, -0.1) is 0 Å². The Bertz CT molecular complexity index is 1120. The Labute approximate surface area is 191 Å². The van der Waals surface area contributed by atoms with Gasteiger partial charge in [-0.1, -0.05) is 17.7 Å². The van der Waals surface area contributed by atoms with Gasteiger partial charge in [-0.2, -0.15) is 0 Å². The highest BCUT2D eigenvalue weighted by Crippen LogP contribution is 2.33. The van der Waals surface area contributed by atoms with Crippen molar-refractivity contribution in [3.05, 3.63) is 76.8 Å². The number of ether oxygens (including phenoxy) is 3. The quantitative estimate of drug-likeness (QED) is 0.476. The summed E-state index contributed by atoms with van der Waals surface area (Å²) in [5, 5.41) is 3.15. The molecule has 7 nitrogen and oxygen atoms in total. The number of nitrogens with two attached hydrogens (primary N) is 1. The Kier molecular flexibility index (Phi) is 7.57. The van der Waals surface area contributed by atoms with Gasteiger partial charge < -0.3 is 25.3 Å². The zero-order valence-electron chi connectivity index (χ0n) is 17.7. The third-order valence-corrected chi connectivity index (χ3v) is 4.57. The molecule has 32 heavy (non-hydrogen) atoms. The normalized spacial score (nSPS) is 10.3. The molecule has 0 unspecified atom stereocenters. The Hall–Kier alpha value is -3.71.